The van der Waals surface area contributed by atoms with Crippen molar-refractivity contribution in [3.05, 3.63) is 35.9 Å². The van der Waals surface area contributed by atoms with E-state index in [1.165, 1.54) is 5.56 Å². The number of likely N-dealkylation sites (tertiary alicyclic amines) is 1. The molecule has 1 aliphatic heterocycles. The largest absolute Gasteiger partial charge is 0.357 e. The second kappa shape index (κ2) is 14.6. The van der Waals surface area contributed by atoms with E-state index < -0.39 is 0 Å². The lowest BCUT2D eigenvalue weighted by molar-refractivity contribution is -0.129. The summed E-state index contributed by atoms with van der Waals surface area (Å²) in [6, 6.07) is 11.3. The van der Waals surface area contributed by atoms with Crippen LogP contribution >= 0.6 is 24.0 Å². The molecule has 1 aromatic rings. The summed E-state index contributed by atoms with van der Waals surface area (Å²) in [6.45, 7) is 13.6. The molecule has 1 fully saturated rings. The molecule has 7 heteroatoms. The molecule has 1 aliphatic rings. The van der Waals surface area contributed by atoms with Gasteiger partial charge in [0.1, 0.15) is 0 Å². The van der Waals surface area contributed by atoms with E-state index in [0.717, 1.165) is 58.1 Å². The Morgan fingerprint density at radius 3 is 2.50 bits per heavy atom. The van der Waals surface area contributed by atoms with E-state index in [2.05, 4.69) is 66.6 Å². The van der Waals surface area contributed by atoms with Crippen LogP contribution < -0.4 is 10.6 Å². The summed E-state index contributed by atoms with van der Waals surface area (Å²) in [5, 5.41) is 6.93. The summed E-state index contributed by atoms with van der Waals surface area (Å²) < 4.78 is 0. The van der Waals surface area contributed by atoms with Crippen LogP contribution in [0.2, 0.25) is 0 Å². The number of likely N-dealkylation sites (N-methyl/N-ethyl adjacent to an activating group) is 1. The van der Waals surface area contributed by atoms with Gasteiger partial charge in [0.2, 0.25) is 5.91 Å². The molecular weight excluding hydrogens is 489 g/mol. The van der Waals surface area contributed by atoms with Gasteiger partial charge in [-0.1, -0.05) is 51.1 Å². The predicted molar refractivity (Wildman–Crippen MR) is 137 cm³/mol. The predicted octanol–water partition coefficient (Wildman–Crippen LogP) is 3.12. The number of guanidine groups is 1. The maximum Gasteiger partial charge on any atom is 0.222 e. The zero-order valence-electron chi connectivity index (χ0n) is 19.1. The normalized spacial score (nSPS) is 17.6. The lowest BCUT2D eigenvalue weighted by atomic mass is 10.0. The minimum atomic E-state index is 0. The van der Waals surface area contributed by atoms with E-state index in [0.29, 0.717) is 12.5 Å². The Morgan fingerprint density at radius 2 is 1.90 bits per heavy atom. The Labute approximate surface area is 199 Å². The van der Waals surface area contributed by atoms with Gasteiger partial charge in [0.15, 0.2) is 5.96 Å². The standard InChI is InChI=1S/C23H39N5O.HI/c1-5-22(29)28-15-14-20(18-28)26-23(24-6-2)25-17-21(27(7-3)8-4)16-19-12-10-9-11-13-19;/h9-13,20-21H,5-8,14-18H2,1-4H3,(H2,24,25,26);1H. The average Bonchev–Trinajstić information content (AvgIpc) is 3.21. The number of aliphatic imine (C=N–C) groups is 1. The molecule has 2 atom stereocenters. The minimum absolute atomic E-state index is 0. The van der Waals surface area contributed by atoms with Crippen molar-refractivity contribution in [2.75, 3.05) is 39.3 Å². The van der Waals surface area contributed by atoms with Gasteiger partial charge in [-0.3, -0.25) is 14.7 Å². The number of carbonyl (C=O) groups excluding carboxylic acids is 1. The van der Waals surface area contributed by atoms with Crippen LogP contribution in [0.4, 0.5) is 0 Å². The molecule has 0 aromatic heterocycles. The fourth-order valence-corrected chi connectivity index (χ4v) is 3.97. The monoisotopic (exact) mass is 529 g/mol. The van der Waals surface area contributed by atoms with E-state index >= 15 is 0 Å². The summed E-state index contributed by atoms with van der Waals surface area (Å²) in [5.41, 5.74) is 1.35. The molecule has 0 spiro atoms. The highest BCUT2D eigenvalue weighted by Crippen LogP contribution is 2.12. The Kier molecular flexibility index (Phi) is 13.0. The first kappa shape index (κ1) is 26.7. The van der Waals surface area contributed by atoms with E-state index in [-0.39, 0.29) is 35.9 Å². The number of nitrogens with zero attached hydrogens (tertiary/aromatic N) is 3. The van der Waals surface area contributed by atoms with Gasteiger partial charge in [-0.15, -0.1) is 24.0 Å². The van der Waals surface area contributed by atoms with Crippen LogP contribution in [0.25, 0.3) is 0 Å². The maximum atomic E-state index is 11.9. The van der Waals surface area contributed by atoms with Crippen LogP contribution in [0.3, 0.4) is 0 Å². The molecule has 30 heavy (non-hydrogen) atoms. The van der Waals surface area contributed by atoms with Crippen LogP contribution in [0.5, 0.6) is 0 Å². The van der Waals surface area contributed by atoms with Crippen molar-refractivity contribution in [2.24, 2.45) is 4.99 Å². The van der Waals surface area contributed by atoms with Gasteiger partial charge < -0.3 is 15.5 Å². The summed E-state index contributed by atoms with van der Waals surface area (Å²) in [7, 11) is 0. The Hall–Kier alpha value is -1.35. The van der Waals surface area contributed by atoms with Gasteiger partial charge in [0, 0.05) is 38.1 Å². The number of benzene rings is 1. The Bertz CT molecular complexity index is 636. The van der Waals surface area contributed by atoms with Crippen molar-refractivity contribution in [3.8, 4) is 0 Å². The minimum Gasteiger partial charge on any atom is -0.357 e. The molecule has 2 rings (SSSR count). The third kappa shape index (κ3) is 8.41. The zero-order chi connectivity index (χ0) is 21.1. The number of hydrogen-bond donors (Lipinski definition) is 2. The SMILES string of the molecule is CCNC(=NCC(Cc1ccccc1)N(CC)CC)NC1CCN(C(=O)CC)C1.I. The third-order valence-electron chi connectivity index (χ3n) is 5.63. The number of amides is 1. The third-order valence-corrected chi connectivity index (χ3v) is 5.63. The quantitative estimate of drug-likeness (QED) is 0.278. The zero-order valence-corrected chi connectivity index (χ0v) is 21.4. The Balaban J connectivity index is 0.00000450. The van der Waals surface area contributed by atoms with Crippen LogP contribution in [0.15, 0.2) is 35.3 Å². The first-order valence-electron chi connectivity index (χ1n) is 11.2. The van der Waals surface area contributed by atoms with Crippen molar-refractivity contribution < 1.29 is 4.79 Å². The summed E-state index contributed by atoms with van der Waals surface area (Å²) in [5.74, 6) is 1.09. The van der Waals surface area contributed by atoms with Gasteiger partial charge in [-0.2, -0.15) is 0 Å². The van der Waals surface area contributed by atoms with Gasteiger partial charge in [-0.05, 0) is 38.4 Å². The first-order valence-corrected chi connectivity index (χ1v) is 11.2. The summed E-state index contributed by atoms with van der Waals surface area (Å²) in [4.78, 5) is 21.3. The van der Waals surface area contributed by atoms with E-state index in [4.69, 9.17) is 4.99 Å². The summed E-state index contributed by atoms with van der Waals surface area (Å²) in [6.07, 6.45) is 2.54. The molecule has 1 aromatic carbocycles. The molecule has 2 N–H and O–H groups in total. The van der Waals surface area contributed by atoms with Crippen molar-refractivity contribution in [2.45, 2.75) is 59.0 Å². The topological polar surface area (TPSA) is 60.0 Å². The molecule has 1 saturated heterocycles. The fourth-order valence-electron chi connectivity index (χ4n) is 3.97. The average molecular weight is 530 g/mol. The van der Waals surface area contributed by atoms with Crippen molar-refractivity contribution in [3.63, 3.8) is 0 Å². The van der Waals surface area contributed by atoms with Crippen molar-refractivity contribution >= 4 is 35.8 Å². The first-order chi connectivity index (χ1) is 14.1. The van der Waals surface area contributed by atoms with Gasteiger partial charge >= 0.3 is 0 Å². The molecular formula is C23H40IN5O. The van der Waals surface area contributed by atoms with Crippen molar-refractivity contribution in [1.29, 1.82) is 0 Å². The Morgan fingerprint density at radius 1 is 1.20 bits per heavy atom. The molecule has 0 aliphatic carbocycles. The molecule has 6 nitrogen and oxygen atoms in total. The van der Waals surface area contributed by atoms with Crippen LogP contribution in [-0.4, -0.2) is 73.0 Å². The maximum absolute atomic E-state index is 11.9. The number of halogens is 1. The number of hydrogen-bond acceptors (Lipinski definition) is 3. The molecule has 0 saturated carbocycles. The highest BCUT2D eigenvalue weighted by atomic mass is 127. The fraction of sp³-hybridized carbons (Fsp3) is 0.652. The highest BCUT2D eigenvalue weighted by molar-refractivity contribution is 14.0. The van der Waals surface area contributed by atoms with Gasteiger partial charge in [0.25, 0.3) is 0 Å². The number of nitrogens with one attached hydrogen (secondary N) is 2. The number of carbonyl (C=O) groups is 1. The lowest BCUT2D eigenvalue weighted by Crippen LogP contribution is -2.46. The van der Waals surface area contributed by atoms with Gasteiger partial charge in [0.05, 0.1) is 6.54 Å². The van der Waals surface area contributed by atoms with E-state index in [1.807, 2.05) is 11.8 Å². The number of rotatable bonds is 10. The second-order valence-corrected chi connectivity index (χ2v) is 7.61. The van der Waals surface area contributed by atoms with Crippen LogP contribution in [0.1, 0.15) is 46.1 Å². The smallest absolute Gasteiger partial charge is 0.222 e. The van der Waals surface area contributed by atoms with Gasteiger partial charge in [-0.25, -0.2) is 0 Å². The molecule has 170 valence electrons. The second-order valence-electron chi connectivity index (χ2n) is 7.61. The van der Waals surface area contributed by atoms with Crippen molar-refractivity contribution in [1.82, 2.24) is 20.4 Å². The molecule has 1 amide bonds. The lowest BCUT2D eigenvalue weighted by Gasteiger charge is -2.29. The molecule has 1 heterocycles. The van der Waals surface area contributed by atoms with E-state index in [9.17, 15) is 4.79 Å². The molecule has 0 radical (unpaired) electrons. The van der Waals surface area contributed by atoms with E-state index in [1.54, 1.807) is 0 Å². The summed E-state index contributed by atoms with van der Waals surface area (Å²) >= 11 is 0. The van der Waals surface area contributed by atoms with Crippen LogP contribution in [-0.2, 0) is 11.2 Å². The molecule has 0 bridgehead atoms. The molecule has 2 unspecified atom stereocenters. The van der Waals surface area contributed by atoms with Crippen LogP contribution in [0, 0.1) is 0 Å². The highest BCUT2D eigenvalue weighted by Gasteiger charge is 2.26.